The van der Waals surface area contributed by atoms with Gasteiger partial charge in [-0.3, -0.25) is 19.9 Å². The van der Waals surface area contributed by atoms with Crippen LogP contribution in [-0.2, 0) is 15.1 Å². The van der Waals surface area contributed by atoms with E-state index in [-0.39, 0.29) is 18.4 Å². The first-order valence-electron chi connectivity index (χ1n) is 11.0. The molecule has 2 unspecified atom stereocenters. The predicted molar refractivity (Wildman–Crippen MR) is 125 cm³/mol. The molecule has 3 aromatic rings. The summed E-state index contributed by atoms with van der Waals surface area (Å²) < 4.78 is 1.17. The lowest BCUT2D eigenvalue weighted by atomic mass is 9.92. The first-order chi connectivity index (χ1) is 15.9. The minimum Gasteiger partial charge on any atom is -0.318 e. The van der Waals surface area contributed by atoms with Crippen LogP contribution >= 0.6 is 11.3 Å². The number of nitrogens with one attached hydrogen (secondary N) is 2. The molecule has 2 aromatic carbocycles. The van der Waals surface area contributed by atoms with Gasteiger partial charge in [-0.2, -0.15) is 5.01 Å². The highest BCUT2D eigenvalue weighted by atomic mass is 32.1. The van der Waals surface area contributed by atoms with E-state index in [0.29, 0.717) is 5.56 Å². The minimum atomic E-state index is -1.21. The summed E-state index contributed by atoms with van der Waals surface area (Å²) in [6.07, 6.45) is 1.99. The molecule has 2 aliphatic rings. The van der Waals surface area contributed by atoms with Crippen molar-refractivity contribution in [1.29, 1.82) is 0 Å². The number of para-hydroxylation sites is 1. The Morgan fingerprint density at radius 2 is 1.94 bits per heavy atom. The number of likely N-dealkylation sites (tertiary alicyclic amines) is 1. The molecule has 4 amide bonds. The van der Waals surface area contributed by atoms with Crippen LogP contribution < -0.4 is 10.7 Å². The number of nitrogens with zero attached hydrogens (tertiary/aromatic N) is 3. The molecule has 3 heterocycles. The fourth-order valence-corrected chi connectivity index (χ4v) is 5.63. The van der Waals surface area contributed by atoms with Gasteiger partial charge in [0, 0.05) is 12.5 Å². The van der Waals surface area contributed by atoms with Crippen LogP contribution in [0.4, 0.5) is 4.79 Å². The smallest absolute Gasteiger partial charge is 0.318 e. The second kappa shape index (κ2) is 8.57. The van der Waals surface area contributed by atoms with Gasteiger partial charge in [0.25, 0.3) is 11.8 Å². The predicted octanol–water partition coefficient (Wildman–Crippen LogP) is 2.97. The van der Waals surface area contributed by atoms with Gasteiger partial charge in [-0.25, -0.2) is 9.78 Å². The molecule has 1 aromatic heterocycles. The molecule has 33 heavy (non-hydrogen) atoms. The Morgan fingerprint density at radius 3 is 2.73 bits per heavy atom. The number of fused-ring (bicyclic) bond motifs is 1. The van der Waals surface area contributed by atoms with E-state index < -0.39 is 17.5 Å². The Balaban J connectivity index is 1.22. The number of carbonyl (C=O) groups is 3. The van der Waals surface area contributed by atoms with Crippen LogP contribution in [-0.4, -0.2) is 52.4 Å². The van der Waals surface area contributed by atoms with Gasteiger partial charge in [0.1, 0.15) is 5.54 Å². The Labute approximate surface area is 195 Å². The number of hydrazine groups is 1. The number of hydrogen-bond acceptors (Lipinski definition) is 6. The highest BCUT2D eigenvalue weighted by molar-refractivity contribution is 7.18. The molecule has 2 fully saturated rings. The first-order valence-corrected chi connectivity index (χ1v) is 11.9. The topological polar surface area (TPSA) is 94.6 Å². The number of thiazole rings is 1. The van der Waals surface area contributed by atoms with E-state index in [9.17, 15) is 14.4 Å². The van der Waals surface area contributed by atoms with E-state index in [1.54, 1.807) is 42.5 Å². The quantitative estimate of drug-likeness (QED) is 0.568. The fourth-order valence-electron chi connectivity index (χ4n) is 4.54. The summed E-state index contributed by atoms with van der Waals surface area (Å²) in [5.41, 5.74) is 2.96. The van der Waals surface area contributed by atoms with Crippen LogP contribution in [0, 0.1) is 0 Å². The molecule has 2 N–H and O–H groups in total. The molecule has 0 radical (unpaired) electrons. The third kappa shape index (κ3) is 4.09. The second-order valence-electron chi connectivity index (χ2n) is 8.69. The Hall–Kier alpha value is -3.30. The monoisotopic (exact) mass is 463 g/mol. The summed E-state index contributed by atoms with van der Waals surface area (Å²) in [6, 6.07) is 16.5. The Morgan fingerprint density at radius 1 is 1.18 bits per heavy atom. The highest BCUT2D eigenvalue weighted by Gasteiger charge is 2.50. The van der Waals surface area contributed by atoms with Gasteiger partial charge in [0.05, 0.1) is 21.8 Å². The zero-order valence-electron chi connectivity index (χ0n) is 18.3. The van der Waals surface area contributed by atoms with Crippen LogP contribution in [0.25, 0.3) is 10.2 Å². The normalized spacial score (nSPS) is 23.7. The van der Waals surface area contributed by atoms with Gasteiger partial charge in [0.15, 0.2) is 0 Å². The number of carbonyl (C=O) groups excluding carboxylic acids is 3. The molecule has 0 bridgehead atoms. The Kier molecular flexibility index (Phi) is 5.59. The van der Waals surface area contributed by atoms with Crippen LogP contribution in [0.5, 0.6) is 0 Å². The number of urea groups is 1. The third-order valence-electron chi connectivity index (χ3n) is 6.31. The average Bonchev–Trinajstić information content (AvgIpc) is 3.35. The van der Waals surface area contributed by atoms with Crippen molar-refractivity contribution in [2.75, 3.05) is 19.6 Å². The van der Waals surface area contributed by atoms with Crippen molar-refractivity contribution < 1.29 is 14.4 Å². The molecular formula is C24H25N5O3S. The van der Waals surface area contributed by atoms with Crippen molar-refractivity contribution in [2.24, 2.45) is 0 Å². The van der Waals surface area contributed by atoms with Crippen molar-refractivity contribution in [3.63, 3.8) is 0 Å². The first kappa shape index (κ1) is 21.5. The van der Waals surface area contributed by atoms with E-state index in [0.717, 1.165) is 41.5 Å². The van der Waals surface area contributed by atoms with Crippen molar-refractivity contribution >= 4 is 39.4 Å². The number of benzene rings is 2. The Bertz CT molecular complexity index is 1180. The molecule has 0 aliphatic carbocycles. The maximum Gasteiger partial charge on any atom is 0.344 e. The largest absolute Gasteiger partial charge is 0.344 e. The summed E-state index contributed by atoms with van der Waals surface area (Å²) in [4.78, 5) is 45.1. The summed E-state index contributed by atoms with van der Waals surface area (Å²) >= 11 is 1.70. The number of piperidine rings is 1. The van der Waals surface area contributed by atoms with E-state index in [1.807, 2.05) is 24.3 Å². The van der Waals surface area contributed by atoms with E-state index in [2.05, 4.69) is 21.7 Å². The molecule has 2 saturated heterocycles. The molecule has 2 aliphatic heterocycles. The number of hydrogen-bond donors (Lipinski definition) is 2. The number of amides is 4. The molecule has 5 rings (SSSR count). The molecule has 170 valence electrons. The highest BCUT2D eigenvalue weighted by Crippen LogP contribution is 2.33. The molecule has 0 spiro atoms. The summed E-state index contributed by atoms with van der Waals surface area (Å²) in [7, 11) is 0. The fraction of sp³-hybridized carbons (Fsp3) is 0.333. The molecule has 8 nitrogen and oxygen atoms in total. The second-order valence-corrected chi connectivity index (χ2v) is 9.75. The molecule has 9 heteroatoms. The van der Waals surface area contributed by atoms with Gasteiger partial charge in [-0.15, -0.1) is 11.3 Å². The van der Waals surface area contributed by atoms with Crippen molar-refractivity contribution in [3.05, 3.63) is 65.2 Å². The summed E-state index contributed by atoms with van der Waals surface area (Å²) in [5, 5.41) is 4.59. The van der Waals surface area contributed by atoms with Gasteiger partial charge < -0.3 is 5.32 Å². The van der Waals surface area contributed by atoms with Crippen LogP contribution in [0.15, 0.2) is 54.6 Å². The lowest BCUT2D eigenvalue weighted by Gasteiger charge is -2.31. The lowest BCUT2D eigenvalue weighted by molar-refractivity contribution is -0.139. The van der Waals surface area contributed by atoms with Gasteiger partial charge >= 0.3 is 6.03 Å². The van der Waals surface area contributed by atoms with Gasteiger partial charge in [-0.05, 0) is 44.0 Å². The van der Waals surface area contributed by atoms with Crippen molar-refractivity contribution in [1.82, 2.24) is 25.6 Å². The van der Waals surface area contributed by atoms with Crippen LogP contribution in [0.3, 0.4) is 0 Å². The van der Waals surface area contributed by atoms with E-state index in [1.165, 1.54) is 4.70 Å². The van der Waals surface area contributed by atoms with E-state index >= 15 is 0 Å². The maximum atomic E-state index is 13.0. The van der Waals surface area contributed by atoms with Gasteiger partial charge in [-0.1, -0.05) is 42.5 Å². The SMILES string of the molecule is CC1(c2ccccc2)NC(=O)N(NC(=O)CN2CCCC(c3nc4ccccc4s3)C2)C1=O. The third-order valence-corrected chi connectivity index (χ3v) is 7.51. The van der Waals surface area contributed by atoms with Crippen molar-refractivity contribution in [3.8, 4) is 0 Å². The number of rotatable bonds is 5. The summed E-state index contributed by atoms with van der Waals surface area (Å²) in [6.45, 7) is 3.26. The zero-order chi connectivity index (χ0) is 23.0. The summed E-state index contributed by atoms with van der Waals surface area (Å²) in [5.74, 6) is -0.624. The molecular weight excluding hydrogens is 438 g/mol. The lowest BCUT2D eigenvalue weighted by Crippen LogP contribution is -2.51. The van der Waals surface area contributed by atoms with E-state index in [4.69, 9.17) is 4.98 Å². The zero-order valence-corrected chi connectivity index (χ0v) is 19.1. The number of imide groups is 1. The minimum absolute atomic E-state index is 0.112. The standard InChI is InChI=1S/C24H25N5O3S/c1-24(17-9-3-2-4-10-17)22(31)29(23(32)26-24)27-20(30)15-28-13-7-8-16(14-28)21-25-18-11-5-6-12-19(18)33-21/h2-6,9-12,16H,7-8,13-15H2,1H3,(H,26,32)(H,27,30). The average molecular weight is 464 g/mol. The number of aromatic nitrogens is 1. The molecule has 0 saturated carbocycles. The van der Waals surface area contributed by atoms with Crippen molar-refractivity contribution in [2.45, 2.75) is 31.2 Å². The molecule has 2 atom stereocenters. The maximum absolute atomic E-state index is 13.0. The van der Waals surface area contributed by atoms with Crippen LogP contribution in [0.1, 0.15) is 36.3 Å². The van der Waals surface area contributed by atoms with Gasteiger partial charge in [0.2, 0.25) is 0 Å². The van der Waals surface area contributed by atoms with Crippen LogP contribution in [0.2, 0.25) is 0 Å².